The molecule has 1 fully saturated rings. The molecule has 0 radical (unpaired) electrons. The van der Waals surface area contributed by atoms with E-state index in [0.29, 0.717) is 29.1 Å². The molecule has 0 aliphatic heterocycles. The lowest BCUT2D eigenvalue weighted by molar-refractivity contribution is 0.0860. The maximum atomic E-state index is 12.9. The van der Waals surface area contributed by atoms with Gasteiger partial charge in [0, 0.05) is 12.6 Å². The number of pyridine rings is 1. The third kappa shape index (κ3) is 2.66. The smallest absolute Gasteiger partial charge is 0.253 e. The molecule has 5 rings (SSSR count). The lowest BCUT2D eigenvalue weighted by Crippen LogP contribution is -2.37. The summed E-state index contributed by atoms with van der Waals surface area (Å²) in [7, 11) is 0. The van der Waals surface area contributed by atoms with Crippen LogP contribution >= 0.6 is 0 Å². The van der Waals surface area contributed by atoms with Crippen molar-refractivity contribution in [3.05, 3.63) is 59.0 Å². The van der Waals surface area contributed by atoms with E-state index in [4.69, 9.17) is 0 Å². The van der Waals surface area contributed by atoms with E-state index in [9.17, 15) is 9.90 Å². The first-order valence-electron chi connectivity index (χ1n) is 9.09. The van der Waals surface area contributed by atoms with Gasteiger partial charge in [0.1, 0.15) is 5.82 Å². The summed E-state index contributed by atoms with van der Waals surface area (Å²) in [6.07, 6.45) is 4.97. The molecule has 0 unspecified atom stereocenters. The van der Waals surface area contributed by atoms with Gasteiger partial charge in [-0.05, 0) is 42.4 Å². The number of fused-ring (bicyclic) bond motifs is 2. The minimum Gasteiger partial charge on any atom is -0.386 e. The number of aliphatic hydroxyl groups excluding tert-OH is 1. The number of aliphatic hydroxyl groups is 1. The van der Waals surface area contributed by atoms with Crippen LogP contribution in [0.4, 0.5) is 0 Å². The molecule has 0 spiro atoms. The Balaban J connectivity index is 1.39. The Morgan fingerprint density at radius 2 is 2.12 bits per heavy atom. The van der Waals surface area contributed by atoms with E-state index in [0.717, 1.165) is 23.4 Å². The van der Waals surface area contributed by atoms with Gasteiger partial charge in [0.25, 0.3) is 5.91 Å². The maximum Gasteiger partial charge on any atom is 0.253 e. The average molecular weight is 348 g/mol. The van der Waals surface area contributed by atoms with Crippen LogP contribution in [0.15, 0.2) is 36.5 Å². The SMILES string of the molecule is O=C(N[C@H]1Cc2ccccc2[C@@H]1O)c1ccnc2nc(CC3CC3)[nH]c12. The van der Waals surface area contributed by atoms with E-state index in [1.54, 1.807) is 12.3 Å². The van der Waals surface area contributed by atoms with Crippen LogP contribution in [0.2, 0.25) is 0 Å². The zero-order valence-corrected chi connectivity index (χ0v) is 14.3. The highest BCUT2D eigenvalue weighted by Crippen LogP contribution is 2.33. The van der Waals surface area contributed by atoms with Crippen LogP contribution in [-0.4, -0.2) is 32.0 Å². The molecule has 132 valence electrons. The molecule has 2 heterocycles. The fraction of sp³-hybridized carbons (Fsp3) is 0.350. The number of imidazole rings is 1. The van der Waals surface area contributed by atoms with Gasteiger partial charge in [0.05, 0.1) is 23.2 Å². The largest absolute Gasteiger partial charge is 0.386 e. The molecule has 2 aromatic heterocycles. The van der Waals surface area contributed by atoms with E-state index in [2.05, 4.69) is 20.3 Å². The van der Waals surface area contributed by atoms with Crippen LogP contribution in [0.3, 0.4) is 0 Å². The molecule has 26 heavy (non-hydrogen) atoms. The van der Waals surface area contributed by atoms with Crippen molar-refractivity contribution in [1.82, 2.24) is 20.3 Å². The minimum absolute atomic E-state index is 0.212. The Kier molecular flexibility index (Phi) is 3.53. The number of hydrogen-bond acceptors (Lipinski definition) is 4. The van der Waals surface area contributed by atoms with Crippen molar-refractivity contribution in [1.29, 1.82) is 0 Å². The number of aromatic nitrogens is 3. The van der Waals surface area contributed by atoms with Gasteiger partial charge in [0.2, 0.25) is 0 Å². The zero-order valence-electron chi connectivity index (χ0n) is 14.3. The molecule has 1 amide bonds. The van der Waals surface area contributed by atoms with Crippen LogP contribution in [-0.2, 0) is 12.8 Å². The normalized spacial score (nSPS) is 21.7. The summed E-state index contributed by atoms with van der Waals surface area (Å²) in [6.45, 7) is 0. The van der Waals surface area contributed by atoms with Crippen molar-refractivity contribution in [2.45, 2.75) is 37.8 Å². The van der Waals surface area contributed by atoms with Gasteiger partial charge in [0.15, 0.2) is 5.65 Å². The number of carbonyl (C=O) groups excluding carboxylic acids is 1. The summed E-state index contributed by atoms with van der Waals surface area (Å²) >= 11 is 0. The molecule has 1 saturated carbocycles. The van der Waals surface area contributed by atoms with Crippen LogP contribution in [0.1, 0.15) is 46.3 Å². The summed E-state index contributed by atoms with van der Waals surface area (Å²) in [4.78, 5) is 24.9. The van der Waals surface area contributed by atoms with E-state index < -0.39 is 6.10 Å². The third-order valence-corrected chi connectivity index (χ3v) is 5.38. The minimum atomic E-state index is -0.681. The molecule has 2 aliphatic rings. The number of nitrogens with one attached hydrogen (secondary N) is 2. The molecule has 2 atom stereocenters. The first kappa shape index (κ1) is 15.5. The molecule has 2 aliphatic carbocycles. The van der Waals surface area contributed by atoms with Gasteiger partial charge >= 0.3 is 0 Å². The van der Waals surface area contributed by atoms with Crippen molar-refractivity contribution in [2.24, 2.45) is 5.92 Å². The van der Waals surface area contributed by atoms with Gasteiger partial charge in [-0.2, -0.15) is 0 Å². The van der Waals surface area contributed by atoms with Gasteiger partial charge in [-0.3, -0.25) is 4.79 Å². The molecule has 6 nitrogen and oxygen atoms in total. The monoisotopic (exact) mass is 348 g/mol. The summed E-state index contributed by atoms with van der Waals surface area (Å²) in [6, 6.07) is 9.14. The number of amides is 1. The number of H-pyrrole nitrogens is 1. The molecule has 1 aromatic carbocycles. The highest BCUT2D eigenvalue weighted by atomic mass is 16.3. The topological polar surface area (TPSA) is 90.9 Å². The second-order valence-electron chi connectivity index (χ2n) is 7.32. The van der Waals surface area contributed by atoms with Crippen molar-refractivity contribution in [2.75, 3.05) is 0 Å². The fourth-order valence-electron chi connectivity index (χ4n) is 3.79. The Morgan fingerprint density at radius 1 is 1.27 bits per heavy atom. The highest BCUT2D eigenvalue weighted by molar-refractivity contribution is 6.04. The number of carbonyl (C=O) groups is 1. The molecule has 0 saturated heterocycles. The summed E-state index contributed by atoms with van der Waals surface area (Å²) in [5, 5.41) is 13.5. The molecular formula is C20H20N4O2. The van der Waals surface area contributed by atoms with Gasteiger partial charge in [-0.1, -0.05) is 24.3 Å². The van der Waals surface area contributed by atoms with Crippen molar-refractivity contribution in [3.63, 3.8) is 0 Å². The molecule has 6 heteroatoms. The number of aromatic amines is 1. The predicted molar refractivity (Wildman–Crippen MR) is 96.7 cm³/mol. The highest BCUT2D eigenvalue weighted by Gasteiger charge is 2.32. The second-order valence-corrected chi connectivity index (χ2v) is 7.32. The third-order valence-electron chi connectivity index (χ3n) is 5.38. The average Bonchev–Trinajstić information content (AvgIpc) is 3.27. The van der Waals surface area contributed by atoms with Crippen molar-refractivity contribution < 1.29 is 9.90 Å². The Hall–Kier alpha value is -2.73. The molecule has 3 N–H and O–H groups in total. The quantitative estimate of drug-likeness (QED) is 0.675. The summed E-state index contributed by atoms with van der Waals surface area (Å²) in [5.74, 6) is 1.39. The van der Waals surface area contributed by atoms with Gasteiger partial charge in [-0.15, -0.1) is 0 Å². The summed E-state index contributed by atoms with van der Waals surface area (Å²) < 4.78 is 0. The molecular weight excluding hydrogens is 328 g/mol. The van der Waals surface area contributed by atoms with Crippen LogP contribution in [0.5, 0.6) is 0 Å². The first-order chi connectivity index (χ1) is 12.7. The van der Waals surface area contributed by atoms with E-state index >= 15 is 0 Å². The number of nitrogens with zero attached hydrogens (tertiary/aromatic N) is 2. The van der Waals surface area contributed by atoms with E-state index in [-0.39, 0.29) is 11.9 Å². The molecule has 0 bridgehead atoms. The fourth-order valence-corrected chi connectivity index (χ4v) is 3.79. The van der Waals surface area contributed by atoms with E-state index in [1.165, 1.54) is 12.8 Å². The zero-order chi connectivity index (χ0) is 17.7. The van der Waals surface area contributed by atoms with Crippen LogP contribution < -0.4 is 5.32 Å². The van der Waals surface area contributed by atoms with Crippen molar-refractivity contribution >= 4 is 17.1 Å². The number of hydrogen-bond donors (Lipinski definition) is 3. The second kappa shape index (κ2) is 5.92. The Labute approximate surface area is 150 Å². The van der Waals surface area contributed by atoms with Crippen LogP contribution in [0.25, 0.3) is 11.2 Å². The summed E-state index contributed by atoms with van der Waals surface area (Å²) in [5.41, 5.74) is 3.74. The first-order valence-corrected chi connectivity index (χ1v) is 9.09. The van der Waals surface area contributed by atoms with Gasteiger partial charge < -0.3 is 15.4 Å². The number of benzene rings is 1. The Morgan fingerprint density at radius 3 is 2.92 bits per heavy atom. The van der Waals surface area contributed by atoms with Crippen molar-refractivity contribution in [3.8, 4) is 0 Å². The lowest BCUT2D eigenvalue weighted by Gasteiger charge is -2.17. The predicted octanol–water partition coefficient (Wildman–Crippen LogP) is 2.30. The lowest BCUT2D eigenvalue weighted by atomic mass is 10.1. The molecule has 3 aromatic rings. The van der Waals surface area contributed by atoms with Crippen LogP contribution in [0, 0.1) is 5.92 Å². The van der Waals surface area contributed by atoms with Gasteiger partial charge in [-0.25, -0.2) is 9.97 Å². The number of rotatable bonds is 4. The standard InChI is InChI=1S/C20H20N4O2/c25-18-13-4-2-1-3-12(13)10-15(18)22-20(26)14-7-8-21-19-17(14)23-16(24-19)9-11-5-6-11/h1-4,7-8,11,15,18,25H,5-6,9-10H2,(H,22,26)(H,21,23,24)/t15-,18-/m0/s1. The Bertz CT molecular complexity index is 992. The van der Waals surface area contributed by atoms with E-state index in [1.807, 2.05) is 24.3 Å². The maximum absolute atomic E-state index is 12.9.